The van der Waals surface area contributed by atoms with Gasteiger partial charge in [-0.3, -0.25) is 15.0 Å². The van der Waals surface area contributed by atoms with E-state index in [4.69, 9.17) is 4.42 Å². The van der Waals surface area contributed by atoms with Crippen LogP contribution in [-0.4, -0.2) is 44.2 Å². The van der Waals surface area contributed by atoms with Crippen molar-refractivity contribution in [3.8, 4) is 0 Å². The van der Waals surface area contributed by atoms with Crippen LogP contribution in [0.25, 0.3) is 0 Å². The van der Waals surface area contributed by atoms with E-state index < -0.39 is 0 Å². The van der Waals surface area contributed by atoms with E-state index >= 15 is 0 Å². The van der Waals surface area contributed by atoms with Gasteiger partial charge >= 0.3 is 5.69 Å². The summed E-state index contributed by atoms with van der Waals surface area (Å²) in [6, 6.07) is 0. The van der Waals surface area contributed by atoms with Crippen molar-refractivity contribution in [1.29, 1.82) is 0 Å². The number of likely N-dealkylation sites (tertiary alicyclic amines) is 1. The van der Waals surface area contributed by atoms with E-state index in [1.165, 1.54) is 0 Å². The summed E-state index contributed by atoms with van der Waals surface area (Å²) in [4.78, 5) is 17.9. The van der Waals surface area contributed by atoms with Crippen LogP contribution in [0.2, 0.25) is 0 Å². The fraction of sp³-hybridized carbons (Fsp3) is 0.667. The molecule has 0 radical (unpaired) electrons. The van der Waals surface area contributed by atoms with Gasteiger partial charge in [0.2, 0.25) is 11.7 Å². The molecule has 0 amide bonds. The monoisotopic (exact) mass is 376 g/mol. The van der Waals surface area contributed by atoms with Crippen molar-refractivity contribution in [1.82, 2.24) is 19.7 Å². The zero-order chi connectivity index (χ0) is 19.6. The van der Waals surface area contributed by atoms with E-state index in [0.29, 0.717) is 30.4 Å². The summed E-state index contributed by atoms with van der Waals surface area (Å²) in [6.45, 7) is 9.18. The second kappa shape index (κ2) is 8.08. The van der Waals surface area contributed by atoms with Crippen LogP contribution >= 0.6 is 0 Å². The van der Waals surface area contributed by atoms with Crippen molar-refractivity contribution < 1.29 is 9.34 Å². The highest BCUT2D eigenvalue weighted by atomic mass is 16.6. The van der Waals surface area contributed by atoms with Crippen molar-refractivity contribution in [3.05, 3.63) is 33.2 Å². The van der Waals surface area contributed by atoms with Gasteiger partial charge < -0.3 is 9.73 Å². The fourth-order valence-electron chi connectivity index (χ4n) is 3.58. The van der Waals surface area contributed by atoms with Gasteiger partial charge in [0.15, 0.2) is 0 Å². The van der Waals surface area contributed by atoms with Crippen LogP contribution in [0.5, 0.6) is 0 Å². The molecular formula is C18H28N6O3. The first kappa shape index (κ1) is 19.3. The second-order valence-electron chi connectivity index (χ2n) is 7.23. The van der Waals surface area contributed by atoms with Crippen LogP contribution in [0.4, 0.5) is 11.5 Å². The van der Waals surface area contributed by atoms with Gasteiger partial charge in [-0.15, -0.1) is 0 Å². The number of nitrogens with one attached hydrogen (secondary N) is 1. The quantitative estimate of drug-likeness (QED) is 0.585. The van der Waals surface area contributed by atoms with E-state index in [0.717, 1.165) is 49.8 Å². The predicted octanol–water partition coefficient (Wildman–Crippen LogP) is 2.82. The number of hydrogen-bond donors (Lipinski definition) is 1. The maximum Gasteiger partial charge on any atom is 0.333 e. The molecule has 0 atom stereocenters. The molecule has 1 N–H and O–H groups in total. The molecule has 9 heteroatoms. The Labute approximate surface area is 158 Å². The predicted molar refractivity (Wildman–Crippen MR) is 102 cm³/mol. The normalized spacial score (nSPS) is 16.0. The Hall–Kier alpha value is -2.42. The van der Waals surface area contributed by atoms with E-state index in [1.54, 1.807) is 11.7 Å². The van der Waals surface area contributed by atoms with Gasteiger partial charge in [-0.1, -0.05) is 6.92 Å². The Kier molecular flexibility index (Phi) is 5.79. The third kappa shape index (κ3) is 4.29. The molecule has 0 spiro atoms. The summed E-state index contributed by atoms with van der Waals surface area (Å²) >= 11 is 0. The lowest BCUT2D eigenvalue weighted by molar-refractivity contribution is -0.384. The van der Waals surface area contributed by atoms with Crippen molar-refractivity contribution in [2.75, 3.05) is 25.0 Å². The molecule has 2 aromatic heterocycles. The van der Waals surface area contributed by atoms with Crippen LogP contribution < -0.4 is 5.32 Å². The van der Waals surface area contributed by atoms with Gasteiger partial charge in [0.1, 0.15) is 11.5 Å². The van der Waals surface area contributed by atoms with Gasteiger partial charge in [-0.05, 0) is 52.1 Å². The molecule has 0 unspecified atom stereocenters. The van der Waals surface area contributed by atoms with Crippen molar-refractivity contribution in [3.63, 3.8) is 0 Å². The standard InChI is InChI=1S/C18H28N6O3/c1-5-15-17(24(25)26)18(22(4)21-15)19-10-14-6-8-23(9-7-14)11-16-20-12(2)13(3)27-16/h14,19H,5-11H2,1-4H3. The number of oxazole rings is 1. The molecule has 3 heterocycles. The molecule has 0 aromatic carbocycles. The number of rotatable bonds is 7. The van der Waals surface area contributed by atoms with Gasteiger partial charge in [0.05, 0.1) is 17.2 Å². The molecular weight excluding hydrogens is 348 g/mol. The number of anilines is 1. The number of nitro groups is 1. The molecule has 1 fully saturated rings. The van der Waals surface area contributed by atoms with Crippen LogP contribution in [0, 0.1) is 29.9 Å². The topological polar surface area (TPSA) is 102 Å². The number of nitrogens with zero attached hydrogens (tertiary/aromatic N) is 5. The van der Waals surface area contributed by atoms with E-state index in [9.17, 15) is 10.1 Å². The first-order chi connectivity index (χ1) is 12.9. The van der Waals surface area contributed by atoms with Crippen LogP contribution in [-0.2, 0) is 20.0 Å². The largest absolute Gasteiger partial charge is 0.444 e. The average molecular weight is 376 g/mol. The molecule has 1 aliphatic heterocycles. The summed E-state index contributed by atoms with van der Waals surface area (Å²) in [5.41, 5.74) is 1.58. The molecule has 3 rings (SSSR count). The van der Waals surface area contributed by atoms with Gasteiger partial charge in [0.25, 0.3) is 0 Å². The molecule has 0 saturated carbocycles. The SMILES string of the molecule is CCc1nn(C)c(NCC2CCN(Cc3nc(C)c(C)o3)CC2)c1[N+](=O)[O-]. The van der Waals surface area contributed by atoms with E-state index in [1.807, 2.05) is 20.8 Å². The maximum atomic E-state index is 11.4. The Balaban J connectivity index is 1.53. The highest BCUT2D eigenvalue weighted by molar-refractivity contribution is 5.59. The van der Waals surface area contributed by atoms with E-state index in [-0.39, 0.29) is 10.6 Å². The van der Waals surface area contributed by atoms with Crippen LogP contribution in [0.15, 0.2) is 4.42 Å². The average Bonchev–Trinajstić information content (AvgIpc) is 3.12. The molecule has 1 aliphatic rings. The van der Waals surface area contributed by atoms with Gasteiger partial charge in [-0.25, -0.2) is 9.67 Å². The van der Waals surface area contributed by atoms with Gasteiger partial charge in [-0.2, -0.15) is 5.10 Å². The minimum atomic E-state index is -0.336. The summed E-state index contributed by atoms with van der Waals surface area (Å²) < 4.78 is 7.25. The molecule has 2 aromatic rings. The Morgan fingerprint density at radius 1 is 1.33 bits per heavy atom. The zero-order valence-corrected chi connectivity index (χ0v) is 16.5. The number of piperidine rings is 1. The summed E-state index contributed by atoms with van der Waals surface area (Å²) in [7, 11) is 1.75. The van der Waals surface area contributed by atoms with Crippen molar-refractivity contribution in [2.45, 2.75) is 46.6 Å². The highest BCUT2D eigenvalue weighted by Gasteiger charge is 2.27. The number of aryl methyl sites for hydroxylation is 4. The third-order valence-electron chi connectivity index (χ3n) is 5.31. The first-order valence-electron chi connectivity index (χ1n) is 9.48. The van der Waals surface area contributed by atoms with Crippen molar-refractivity contribution in [2.24, 2.45) is 13.0 Å². The smallest absolute Gasteiger partial charge is 0.333 e. The van der Waals surface area contributed by atoms with Crippen molar-refractivity contribution >= 4 is 11.5 Å². The molecule has 27 heavy (non-hydrogen) atoms. The number of hydrogen-bond acceptors (Lipinski definition) is 7. The van der Waals surface area contributed by atoms with Gasteiger partial charge in [0, 0.05) is 13.6 Å². The fourth-order valence-corrected chi connectivity index (χ4v) is 3.58. The lowest BCUT2D eigenvalue weighted by atomic mass is 9.97. The summed E-state index contributed by atoms with van der Waals surface area (Å²) in [5, 5.41) is 18.9. The molecule has 0 bridgehead atoms. The maximum absolute atomic E-state index is 11.4. The zero-order valence-electron chi connectivity index (χ0n) is 16.5. The summed E-state index contributed by atoms with van der Waals surface area (Å²) in [6.07, 6.45) is 2.62. The number of aromatic nitrogens is 3. The minimum Gasteiger partial charge on any atom is -0.444 e. The lowest BCUT2D eigenvalue weighted by Gasteiger charge is -2.31. The Morgan fingerprint density at radius 2 is 2.04 bits per heavy atom. The lowest BCUT2D eigenvalue weighted by Crippen LogP contribution is -2.35. The van der Waals surface area contributed by atoms with Crippen LogP contribution in [0.3, 0.4) is 0 Å². The molecule has 0 aliphatic carbocycles. The molecule has 9 nitrogen and oxygen atoms in total. The van der Waals surface area contributed by atoms with Crippen LogP contribution in [0.1, 0.15) is 42.8 Å². The minimum absolute atomic E-state index is 0.104. The molecule has 1 saturated heterocycles. The highest BCUT2D eigenvalue weighted by Crippen LogP contribution is 2.29. The first-order valence-corrected chi connectivity index (χ1v) is 9.48. The molecule has 148 valence electrons. The Bertz CT molecular complexity index is 785. The summed E-state index contributed by atoms with van der Waals surface area (Å²) in [5.74, 6) is 2.64. The second-order valence-corrected chi connectivity index (χ2v) is 7.23. The Morgan fingerprint density at radius 3 is 2.59 bits per heavy atom. The van der Waals surface area contributed by atoms with E-state index in [2.05, 4.69) is 20.3 Å². The third-order valence-corrected chi connectivity index (χ3v) is 5.31.